The van der Waals surface area contributed by atoms with Gasteiger partial charge in [0.2, 0.25) is 0 Å². The first-order valence-electron chi connectivity index (χ1n) is 14.3. The van der Waals surface area contributed by atoms with Crippen LogP contribution in [0.5, 0.6) is 0 Å². The molecule has 2 aliphatic rings. The first kappa shape index (κ1) is 27.9. The summed E-state index contributed by atoms with van der Waals surface area (Å²) < 4.78 is 46.1. The fourth-order valence-corrected chi connectivity index (χ4v) is 7.72. The summed E-state index contributed by atoms with van der Waals surface area (Å²) >= 11 is 1.10. The summed E-state index contributed by atoms with van der Waals surface area (Å²) in [5.74, 6) is 1.49. The molecule has 0 radical (unpaired) electrons. The highest BCUT2D eigenvalue weighted by molar-refractivity contribution is 7.18. The Balaban J connectivity index is 1.01. The Labute approximate surface area is 250 Å². The molecule has 0 unspecified atom stereocenters. The number of aromatic nitrogens is 4. The third-order valence-electron chi connectivity index (χ3n) is 8.97. The van der Waals surface area contributed by atoms with Crippen molar-refractivity contribution in [3.63, 3.8) is 0 Å². The zero-order valence-electron chi connectivity index (χ0n) is 23.9. The molecule has 2 fully saturated rings. The third kappa shape index (κ3) is 5.25. The van der Waals surface area contributed by atoms with E-state index in [0.29, 0.717) is 17.1 Å². The number of thiophene rings is 1. The van der Waals surface area contributed by atoms with Gasteiger partial charge in [0.15, 0.2) is 0 Å². The molecule has 0 bridgehead atoms. The molecule has 0 atom stereocenters. The number of alkyl halides is 3. The average molecular weight is 606 g/mol. The SMILES string of the molecule is Cc1cc(Cn2c(C#N)cc3c(C)c(CN4CCC5(CC4)CN(c4ncnc6sc(CC(F)(F)F)cc46)C5)ccc32)no1. The van der Waals surface area contributed by atoms with E-state index in [0.717, 1.165) is 90.5 Å². The van der Waals surface area contributed by atoms with Crippen LogP contribution < -0.4 is 4.90 Å². The predicted octanol–water partition coefficient (Wildman–Crippen LogP) is 6.38. The van der Waals surface area contributed by atoms with E-state index in [1.165, 1.54) is 17.5 Å². The molecule has 5 aromatic rings. The predicted molar refractivity (Wildman–Crippen MR) is 158 cm³/mol. The Bertz CT molecular complexity index is 1870. The summed E-state index contributed by atoms with van der Waals surface area (Å²) in [6.07, 6.45) is -1.59. The normalized spacial score (nSPS) is 17.2. The van der Waals surface area contributed by atoms with Crippen LogP contribution in [0.1, 0.15) is 46.0 Å². The van der Waals surface area contributed by atoms with E-state index in [1.807, 2.05) is 23.6 Å². The first-order valence-corrected chi connectivity index (χ1v) is 15.1. The molecule has 0 amide bonds. The first-order chi connectivity index (χ1) is 20.6. The third-order valence-corrected chi connectivity index (χ3v) is 10.0. The van der Waals surface area contributed by atoms with E-state index in [-0.39, 0.29) is 10.3 Å². The van der Waals surface area contributed by atoms with Crippen molar-refractivity contribution < 1.29 is 17.7 Å². The van der Waals surface area contributed by atoms with Crippen LogP contribution in [0.2, 0.25) is 0 Å². The van der Waals surface area contributed by atoms with E-state index < -0.39 is 12.6 Å². The highest BCUT2D eigenvalue weighted by Gasteiger charge is 2.46. The largest absolute Gasteiger partial charge is 0.393 e. The highest BCUT2D eigenvalue weighted by Crippen LogP contribution is 2.45. The number of hydrogen-bond acceptors (Lipinski definition) is 8. The number of aryl methyl sites for hydroxylation is 2. The summed E-state index contributed by atoms with van der Waals surface area (Å²) in [7, 11) is 0. The second kappa shape index (κ2) is 10.3. The number of benzene rings is 1. The van der Waals surface area contributed by atoms with Crippen LogP contribution in [0.4, 0.5) is 19.0 Å². The van der Waals surface area contributed by atoms with Gasteiger partial charge in [0.05, 0.1) is 18.4 Å². The van der Waals surface area contributed by atoms with E-state index in [2.05, 4.69) is 50.1 Å². The second-order valence-electron chi connectivity index (χ2n) is 12.0. The lowest BCUT2D eigenvalue weighted by Gasteiger charge is -2.54. The number of fused-ring (bicyclic) bond motifs is 2. The molecular formula is C31H30F3N7OS. The number of nitrogens with zero attached hydrogens (tertiary/aromatic N) is 7. The van der Waals surface area contributed by atoms with Crippen LogP contribution in [-0.2, 0) is 19.5 Å². The molecule has 1 spiro atoms. The van der Waals surface area contributed by atoms with Crippen LogP contribution in [0.3, 0.4) is 0 Å². The maximum Gasteiger partial charge on any atom is 0.393 e. The summed E-state index contributed by atoms with van der Waals surface area (Å²) in [6, 6.07) is 12.1. The Morgan fingerprint density at radius 2 is 1.84 bits per heavy atom. The highest BCUT2D eigenvalue weighted by atomic mass is 32.1. The number of halogens is 3. The van der Waals surface area contributed by atoms with Gasteiger partial charge in [0, 0.05) is 46.9 Å². The zero-order chi connectivity index (χ0) is 29.9. The van der Waals surface area contributed by atoms with Crippen molar-refractivity contribution >= 4 is 38.3 Å². The lowest BCUT2D eigenvalue weighted by atomic mass is 9.72. The number of anilines is 1. The van der Waals surface area contributed by atoms with Crippen molar-refractivity contribution in [1.82, 2.24) is 24.6 Å². The smallest absolute Gasteiger partial charge is 0.361 e. The molecule has 1 aromatic carbocycles. The van der Waals surface area contributed by atoms with E-state index >= 15 is 0 Å². The monoisotopic (exact) mass is 605 g/mol. The molecule has 4 aromatic heterocycles. The minimum atomic E-state index is -4.24. The van der Waals surface area contributed by atoms with Gasteiger partial charge in [-0.15, -0.1) is 11.3 Å². The van der Waals surface area contributed by atoms with Crippen LogP contribution in [0.25, 0.3) is 21.1 Å². The lowest BCUT2D eigenvalue weighted by molar-refractivity contribution is -0.126. The van der Waals surface area contributed by atoms with Crippen molar-refractivity contribution in [2.24, 2.45) is 5.41 Å². The topological polar surface area (TPSA) is 87.0 Å². The zero-order valence-corrected chi connectivity index (χ0v) is 24.7. The number of likely N-dealkylation sites (tertiary alicyclic amines) is 1. The van der Waals surface area contributed by atoms with Crippen LogP contribution in [0, 0.1) is 30.6 Å². The summed E-state index contributed by atoms with van der Waals surface area (Å²) in [5.41, 5.74) is 5.05. The average Bonchev–Trinajstić information content (AvgIpc) is 3.65. The van der Waals surface area contributed by atoms with Gasteiger partial charge in [0.1, 0.15) is 40.2 Å². The van der Waals surface area contributed by atoms with Gasteiger partial charge in [-0.3, -0.25) is 4.90 Å². The maximum atomic E-state index is 12.9. The molecule has 0 saturated carbocycles. The molecule has 0 N–H and O–H groups in total. The number of rotatable bonds is 6. The van der Waals surface area contributed by atoms with Gasteiger partial charge < -0.3 is 14.0 Å². The summed E-state index contributed by atoms with van der Waals surface area (Å²) in [6.45, 7) is 9.00. The van der Waals surface area contributed by atoms with E-state index in [9.17, 15) is 18.4 Å². The van der Waals surface area contributed by atoms with Crippen molar-refractivity contribution in [1.29, 1.82) is 5.26 Å². The van der Waals surface area contributed by atoms with Crippen LogP contribution in [0.15, 0.2) is 41.2 Å². The van der Waals surface area contributed by atoms with Crippen LogP contribution >= 0.6 is 11.3 Å². The quantitative estimate of drug-likeness (QED) is 0.222. The van der Waals surface area contributed by atoms with Crippen LogP contribution in [-0.4, -0.2) is 56.9 Å². The Hall–Kier alpha value is -3.95. The van der Waals surface area contributed by atoms with Gasteiger partial charge in [0.25, 0.3) is 0 Å². The molecule has 0 aliphatic carbocycles. The molecule has 6 heterocycles. The number of nitriles is 1. The number of piperidine rings is 1. The Morgan fingerprint density at radius 3 is 2.53 bits per heavy atom. The molecule has 7 rings (SSSR count). The number of hydrogen-bond donors (Lipinski definition) is 0. The fraction of sp³-hybridized carbons (Fsp3) is 0.419. The van der Waals surface area contributed by atoms with Gasteiger partial charge in [-0.25, -0.2) is 9.97 Å². The van der Waals surface area contributed by atoms with Gasteiger partial charge >= 0.3 is 6.18 Å². The van der Waals surface area contributed by atoms with Crippen molar-refractivity contribution in [3.8, 4) is 6.07 Å². The molecular weight excluding hydrogens is 575 g/mol. The lowest BCUT2D eigenvalue weighted by Crippen LogP contribution is -2.60. The Kier molecular flexibility index (Phi) is 6.70. The van der Waals surface area contributed by atoms with Gasteiger partial charge in [-0.1, -0.05) is 11.2 Å². The van der Waals surface area contributed by atoms with Gasteiger partial charge in [-0.05, 0) is 69.1 Å². The van der Waals surface area contributed by atoms with Gasteiger partial charge in [-0.2, -0.15) is 18.4 Å². The van der Waals surface area contributed by atoms with Crippen molar-refractivity contribution in [2.75, 3.05) is 31.1 Å². The van der Waals surface area contributed by atoms with E-state index in [1.54, 1.807) is 6.07 Å². The van der Waals surface area contributed by atoms with Crippen molar-refractivity contribution in [3.05, 3.63) is 69.8 Å². The molecule has 222 valence electrons. The minimum absolute atomic E-state index is 0.204. The fourth-order valence-electron chi connectivity index (χ4n) is 6.70. The molecule has 12 heteroatoms. The summed E-state index contributed by atoms with van der Waals surface area (Å²) in [4.78, 5) is 14.3. The molecule has 2 aliphatic heterocycles. The van der Waals surface area contributed by atoms with E-state index in [4.69, 9.17) is 4.52 Å². The summed E-state index contributed by atoms with van der Waals surface area (Å²) in [5, 5.41) is 15.7. The maximum absolute atomic E-state index is 12.9. The van der Waals surface area contributed by atoms with Crippen molar-refractivity contribution in [2.45, 2.75) is 52.4 Å². The Morgan fingerprint density at radius 1 is 1.05 bits per heavy atom. The molecule has 8 nitrogen and oxygen atoms in total. The molecule has 2 saturated heterocycles. The standard InChI is InChI=1S/C31H30F3N7OS/c1-19-9-22(38-42-19)15-41-23(13-35)10-25-20(2)21(3-4-27(25)41)14-39-7-5-30(6-8-39)16-40(17-30)28-26-11-24(12-31(32,33)34)43-29(26)37-18-36-28/h3-4,9-11,18H,5-8,12,14-17H2,1-2H3. The molecule has 43 heavy (non-hydrogen) atoms. The minimum Gasteiger partial charge on any atom is -0.361 e. The second-order valence-corrected chi connectivity index (χ2v) is 13.1.